The highest BCUT2D eigenvalue weighted by molar-refractivity contribution is 6.42. The molecule has 1 amide bonds. The number of nitrogens with zero attached hydrogens (tertiary/aromatic N) is 3. The third kappa shape index (κ3) is 7.16. The van der Waals surface area contributed by atoms with Crippen LogP contribution in [0.2, 0.25) is 10.0 Å². The lowest BCUT2D eigenvalue weighted by atomic mass is 10.2. The standard InChI is InChI=1S/C21H25Cl2N3O3/c22-19-3-2-18(14-20(19)23)29-16-21(27)26(15-17-4-6-24-7-5-17)9-1-8-25-10-12-28-13-11-25/h2-7,14H,1,8-13,15-16H2. The molecule has 1 fully saturated rings. The summed E-state index contributed by atoms with van der Waals surface area (Å²) in [4.78, 5) is 21.1. The van der Waals surface area contributed by atoms with Gasteiger partial charge < -0.3 is 14.4 Å². The van der Waals surface area contributed by atoms with Crippen LogP contribution in [0.1, 0.15) is 12.0 Å². The maximum absolute atomic E-state index is 12.8. The number of carbonyl (C=O) groups is 1. The van der Waals surface area contributed by atoms with Crippen LogP contribution in [0.3, 0.4) is 0 Å². The number of hydrogen-bond acceptors (Lipinski definition) is 5. The van der Waals surface area contributed by atoms with Crippen LogP contribution in [0.4, 0.5) is 0 Å². The molecule has 1 aliphatic rings. The summed E-state index contributed by atoms with van der Waals surface area (Å²) in [7, 11) is 0. The van der Waals surface area contributed by atoms with E-state index in [0.717, 1.165) is 44.8 Å². The zero-order chi connectivity index (χ0) is 20.5. The van der Waals surface area contributed by atoms with Gasteiger partial charge in [0.1, 0.15) is 5.75 Å². The third-order valence-electron chi connectivity index (χ3n) is 4.73. The number of morpholine rings is 1. The second kappa shape index (κ2) is 11.4. The Morgan fingerprint density at radius 1 is 1.14 bits per heavy atom. The van der Waals surface area contributed by atoms with E-state index in [1.807, 2.05) is 17.0 Å². The second-order valence-electron chi connectivity index (χ2n) is 6.84. The molecule has 0 unspecified atom stereocenters. The number of halogens is 2. The summed E-state index contributed by atoms with van der Waals surface area (Å²) >= 11 is 11.9. The Hall–Kier alpha value is -1.86. The number of amides is 1. The van der Waals surface area contributed by atoms with Gasteiger partial charge in [-0.2, -0.15) is 0 Å². The Bertz CT molecular complexity index is 786. The number of rotatable bonds is 9. The van der Waals surface area contributed by atoms with Crippen LogP contribution in [0.15, 0.2) is 42.7 Å². The SMILES string of the molecule is O=C(COc1ccc(Cl)c(Cl)c1)N(CCCN1CCOCC1)Cc1ccncc1. The Kier molecular flexibility index (Phi) is 8.55. The smallest absolute Gasteiger partial charge is 0.260 e. The second-order valence-corrected chi connectivity index (χ2v) is 7.66. The Balaban J connectivity index is 1.56. The predicted octanol–water partition coefficient (Wildman–Crippen LogP) is 3.52. The van der Waals surface area contributed by atoms with Crippen LogP contribution in [-0.2, 0) is 16.1 Å². The zero-order valence-corrected chi connectivity index (χ0v) is 17.7. The van der Waals surface area contributed by atoms with Crippen molar-refractivity contribution in [1.82, 2.24) is 14.8 Å². The van der Waals surface area contributed by atoms with Crippen LogP contribution in [0, 0.1) is 0 Å². The van der Waals surface area contributed by atoms with Crippen LogP contribution in [0.25, 0.3) is 0 Å². The van der Waals surface area contributed by atoms with Crippen LogP contribution in [-0.4, -0.2) is 66.7 Å². The highest BCUT2D eigenvalue weighted by Gasteiger charge is 2.17. The first kappa shape index (κ1) is 21.8. The van der Waals surface area contributed by atoms with E-state index in [1.165, 1.54) is 0 Å². The molecule has 2 aromatic rings. The molecule has 0 atom stereocenters. The van der Waals surface area contributed by atoms with Gasteiger partial charge in [-0.1, -0.05) is 23.2 Å². The van der Waals surface area contributed by atoms with E-state index in [4.69, 9.17) is 32.7 Å². The van der Waals surface area contributed by atoms with E-state index in [9.17, 15) is 4.79 Å². The third-order valence-corrected chi connectivity index (χ3v) is 5.47. The van der Waals surface area contributed by atoms with Crippen molar-refractivity contribution >= 4 is 29.1 Å². The summed E-state index contributed by atoms with van der Waals surface area (Å²) in [6, 6.07) is 8.81. The molecular weight excluding hydrogens is 413 g/mol. The van der Waals surface area contributed by atoms with Gasteiger partial charge >= 0.3 is 0 Å². The van der Waals surface area contributed by atoms with Gasteiger partial charge in [0.2, 0.25) is 0 Å². The van der Waals surface area contributed by atoms with Crippen LogP contribution in [0.5, 0.6) is 5.75 Å². The van der Waals surface area contributed by atoms with Crippen molar-refractivity contribution in [2.45, 2.75) is 13.0 Å². The average Bonchev–Trinajstić information content (AvgIpc) is 2.75. The quantitative estimate of drug-likeness (QED) is 0.600. The molecule has 0 radical (unpaired) electrons. The fraction of sp³-hybridized carbons (Fsp3) is 0.429. The number of benzene rings is 1. The minimum atomic E-state index is -0.0742. The molecule has 0 bridgehead atoms. The average molecular weight is 438 g/mol. The summed E-state index contributed by atoms with van der Waals surface area (Å²) < 4.78 is 11.0. The Labute approximate surface area is 181 Å². The number of ether oxygens (including phenoxy) is 2. The van der Waals surface area contributed by atoms with Crippen molar-refractivity contribution in [2.75, 3.05) is 46.0 Å². The first-order valence-corrected chi connectivity index (χ1v) is 10.4. The van der Waals surface area contributed by atoms with Gasteiger partial charge in [-0.25, -0.2) is 0 Å². The monoisotopic (exact) mass is 437 g/mol. The molecule has 29 heavy (non-hydrogen) atoms. The van der Waals surface area contributed by atoms with Gasteiger partial charge in [-0.05, 0) is 36.2 Å². The molecule has 1 saturated heterocycles. The molecule has 0 saturated carbocycles. The van der Waals surface area contributed by atoms with E-state index in [-0.39, 0.29) is 12.5 Å². The van der Waals surface area contributed by atoms with E-state index in [2.05, 4.69) is 9.88 Å². The summed E-state index contributed by atoms with van der Waals surface area (Å²) in [5.74, 6) is 0.444. The maximum atomic E-state index is 12.8. The fourth-order valence-corrected chi connectivity index (χ4v) is 3.40. The van der Waals surface area contributed by atoms with E-state index < -0.39 is 0 Å². The van der Waals surface area contributed by atoms with Gasteiger partial charge in [0.15, 0.2) is 6.61 Å². The summed E-state index contributed by atoms with van der Waals surface area (Å²) in [6.45, 7) is 5.50. The Morgan fingerprint density at radius 2 is 1.90 bits per heavy atom. The van der Waals surface area contributed by atoms with Crippen molar-refractivity contribution in [3.05, 3.63) is 58.3 Å². The lowest BCUT2D eigenvalue weighted by molar-refractivity contribution is -0.134. The van der Waals surface area contributed by atoms with Crippen molar-refractivity contribution in [1.29, 1.82) is 0 Å². The molecule has 2 heterocycles. The molecule has 0 aliphatic carbocycles. The first-order valence-electron chi connectivity index (χ1n) is 9.66. The van der Waals surface area contributed by atoms with Gasteiger partial charge in [-0.15, -0.1) is 0 Å². The van der Waals surface area contributed by atoms with Crippen molar-refractivity contribution in [3.63, 3.8) is 0 Å². The molecule has 1 aliphatic heterocycles. The molecule has 156 valence electrons. The molecular formula is C21H25Cl2N3O3. The fourth-order valence-electron chi connectivity index (χ4n) is 3.11. The van der Waals surface area contributed by atoms with Gasteiger partial charge in [0.05, 0.1) is 23.3 Å². The Morgan fingerprint density at radius 3 is 2.62 bits per heavy atom. The number of hydrogen-bond donors (Lipinski definition) is 0. The molecule has 1 aromatic heterocycles. The topological polar surface area (TPSA) is 54.9 Å². The van der Waals surface area contributed by atoms with Crippen LogP contribution >= 0.6 is 23.2 Å². The summed E-state index contributed by atoms with van der Waals surface area (Å²) in [6.07, 6.45) is 4.36. The molecule has 3 rings (SSSR count). The minimum absolute atomic E-state index is 0.0550. The number of aromatic nitrogens is 1. The molecule has 0 spiro atoms. The highest BCUT2D eigenvalue weighted by atomic mass is 35.5. The van der Waals surface area contributed by atoms with Crippen molar-refractivity contribution in [2.24, 2.45) is 0 Å². The number of carbonyl (C=O) groups excluding carboxylic acids is 1. The predicted molar refractivity (Wildman–Crippen MR) is 113 cm³/mol. The van der Waals surface area contributed by atoms with E-state index in [1.54, 1.807) is 30.6 Å². The molecule has 6 nitrogen and oxygen atoms in total. The molecule has 1 aromatic carbocycles. The van der Waals surface area contributed by atoms with Crippen molar-refractivity contribution in [3.8, 4) is 5.75 Å². The minimum Gasteiger partial charge on any atom is -0.484 e. The lowest BCUT2D eigenvalue weighted by Crippen LogP contribution is -2.40. The van der Waals surface area contributed by atoms with E-state index >= 15 is 0 Å². The molecule has 0 N–H and O–H groups in total. The summed E-state index contributed by atoms with van der Waals surface area (Å²) in [5.41, 5.74) is 1.04. The van der Waals surface area contributed by atoms with Crippen molar-refractivity contribution < 1.29 is 14.3 Å². The molecule has 8 heteroatoms. The maximum Gasteiger partial charge on any atom is 0.260 e. The van der Waals surface area contributed by atoms with Crippen LogP contribution < -0.4 is 4.74 Å². The number of pyridine rings is 1. The van der Waals surface area contributed by atoms with Gasteiger partial charge in [0.25, 0.3) is 5.91 Å². The first-order chi connectivity index (χ1) is 14.1. The van der Waals surface area contributed by atoms with Gasteiger partial charge in [0, 0.05) is 51.2 Å². The van der Waals surface area contributed by atoms with E-state index in [0.29, 0.717) is 28.9 Å². The zero-order valence-electron chi connectivity index (χ0n) is 16.2. The normalized spacial score (nSPS) is 14.6. The lowest BCUT2D eigenvalue weighted by Gasteiger charge is -2.28. The highest BCUT2D eigenvalue weighted by Crippen LogP contribution is 2.26. The summed E-state index contributed by atoms with van der Waals surface area (Å²) in [5, 5.41) is 0.850. The van der Waals surface area contributed by atoms with Gasteiger partial charge in [-0.3, -0.25) is 14.7 Å². The largest absolute Gasteiger partial charge is 0.484 e.